The maximum absolute atomic E-state index is 5.91. The normalized spacial score (nSPS) is 23.5. The van der Waals surface area contributed by atoms with Crippen molar-refractivity contribution in [3.63, 3.8) is 0 Å². The van der Waals surface area contributed by atoms with E-state index in [1.807, 2.05) is 24.3 Å². The first-order valence-corrected chi connectivity index (χ1v) is 6.95. The number of nitrogens with zero attached hydrogens (tertiary/aromatic N) is 2. The van der Waals surface area contributed by atoms with E-state index in [0.29, 0.717) is 22.9 Å². The van der Waals surface area contributed by atoms with Crippen molar-refractivity contribution in [2.24, 2.45) is 5.73 Å². The van der Waals surface area contributed by atoms with Crippen molar-refractivity contribution in [1.82, 2.24) is 10.2 Å². The lowest BCUT2D eigenvalue weighted by molar-refractivity contribution is 0.341. The molecule has 0 aliphatic heterocycles. The summed E-state index contributed by atoms with van der Waals surface area (Å²) in [6.07, 6.45) is 4.12. The van der Waals surface area contributed by atoms with Gasteiger partial charge in [-0.25, -0.2) is 0 Å². The highest BCUT2D eigenvalue weighted by atomic mass is 35.5. The van der Waals surface area contributed by atoms with Crippen molar-refractivity contribution in [2.45, 2.75) is 37.6 Å². The first-order valence-electron chi connectivity index (χ1n) is 6.57. The molecule has 5 heteroatoms. The van der Waals surface area contributed by atoms with Gasteiger partial charge in [0.1, 0.15) is 0 Å². The van der Waals surface area contributed by atoms with Gasteiger partial charge in [-0.15, -0.1) is 10.2 Å². The Kier molecular flexibility index (Phi) is 3.53. The Balaban J connectivity index is 1.77. The van der Waals surface area contributed by atoms with E-state index in [-0.39, 0.29) is 0 Å². The summed E-state index contributed by atoms with van der Waals surface area (Å²) in [6, 6.07) is 7.74. The molecule has 2 N–H and O–H groups in total. The van der Waals surface area contributed by atoms with Crippen molar-refractivity contribution in [2.75, 3.05) is 0 Å². The van der Waals surface area contributed by atoms with Crippen molar-refractivity contribution in [3.05, 3.63) is 35.2 Å². The number of halogens is 1. The zero-order valence-electron chi connectivity index (χ0n) is 10.6. The molecule has 0 unspecified atom stereocenters. The van der Waals surface area contributed by atoms with Crippen LogP contribution in [-0.4, -0.2) is 16.2 Å². The van der Waals surface area contributed by atoms with Crippen LogP contribution in [-0.2, 0) is 0 Å². The van der Waals surface area contributed by atoms with Crippen LogP contribution in [0.3, 0.4) is 0 Å². The number of rotatable bonds is 2. The summed E-state index contributed by atoms with van der Waals surface area (Å²) in [7, 11) is 0. The van der Waals surface area contributed by atoms with E-state index in [1.54, 1.807) is 0 Å². The van der Waals surface area contributed by atoms with E-state index in [1.165, 1.54) is 0 Å². The molecule has 0 saturated heterocycles. The van der Waals surface area contributed by atoms with Crippen LogP contribution in [0.4, 0.5) is 0 Å². The highest BCUT2D eigenvalue weighted by Crippen LogP contribution is 2.32. The summed E-state index contributed by atoms with van der Waals surface area (Å²) >= 11 is 5.86. The maximum atomic E-state index is 5.91. The molecule has 2 aromatic rings. The standard InChI is InChI=1S/C14H16ClN3O/c15-11-5-1-9(2-6-11)13-17-18-14(19-13)10-3-7-12(16)8-4-10/h1-2,5-6,10,12H,3-4,7-8,16H2. The molecule has 1 fully saturated rings. The van der Waals surface area contributed by atoms with Crippen molar-refractivity contribution < 1.29 is 4.42 Å². The van der Waals surface area contributed by atoms with Crippen molar-refractivity contribution >= 4 is 11.6 Å². The first-order chi connectivity index (χ1) is 9.22. The second-order valence-corrected chi connectivity index (χ2v) is 5.50. The fourth-order valence-corrected chi connectivity index (χ4v) is 2.60. The molecule has 4 nitrogen and oxygen atoms in total. The molecule has 0 amide bonds. The van der Waals surface area contributed by atoms with Gasteiger partial charge in [0.2, 0.25) is 11.8 Å². The van der Waals surface area contributed by atoms with E-state index in [9.17, 15) is 0 Å². The topological polar surface area (TPSA) is 64.9 Å². The van der Waals surface area contributed by atoms with Gasteiger partial charge in [0.05, 0.1) is 0 Å². The van der Waals surface area contributed by atoms with Gasteiger partial charge < -0.3 is 10.2 Å². The third-order valence-electron chi connectivity index (χ3n) is 3.65. The molecule has 0 bridgehead atoms. The Morgan fingerprint density at radius 2 is 1.74 bits per heavy atom. The molecule has 1 aliphatic rings. The van der Waals surface area contributed by atoms with Gasteiger partial charge >= 0.3 is 0 Å². The van der Waals surface area contributed by atoms with Gasteiger partial charge in [-0.1, -0.05) is 11.6 Å². The van der Waals surface area contributed by atoms with Gasteiger partial charge in [-0.3, -0.25) is 0 Å². The van der Waals surface area contributed by atoms with Crippen LogP contribution in [0, 0.1) is 0 Å². The second-order valence-electron chi connectivity index (χ2n) is 5.06. The van der Waals surface area contributed by atoms with E-state index in [4.69, 9.17) is 21.8 Å². The monoisotopic (exact) mass is 277 g/mol. The third-order valence-corrected chi connectivity index (χ3v) is 3.90. The molecule has 1 heterocycles. The largest absolute Gasteiger partial charge is 0.420 e. The molecule has 1 aromatic heterocycles. The smallest absolute Gasteiger partial charge is 0.247 e. The summed E-state index contributed by atoms with van der Waals surface area (Å²) in [4.78, 5) is 0. The van der Waals surface area contributed by atoms with Crippen LogP contribution in [0.25, 0.3) is 11.5 Å². The number of hydrogen-bond acceptors (Lipinski definition) is 4. The van der Waals surface area contributed by atoms with Gasteiger partial charge in [0.25, 0.3) is 0 Å². The Morgan fingerprint density at radius 3 is 2.42 bits per heavy atom. The lowest BCUT2D eigenvalue weighted by Crippen LogP contribution is -2.25. The van der Waals surface area contributed by atoms with E-state index >= 15 is 0 Å². The lowest BCUT2D eigenvalue weighted by atomic mass is 9.86. The summed E-state index contributed by atoms with van der Waals surface area (Å²) in [6.45, 7) is 0. The number of aromatic nitrogens is 2. The maximum Gasteiger partial charge on any atom is 0.247 e. The molecular weight excluding hydrogens is 262 g/mol. The number of hydrogen-bond donors (Lipinski definition) is 1. The highest BCUT2D eigenvalue weighted by molar-refractivity contribution is 6.30. The van der Waals surface area contributed by atoms with Gasteiger partial charge in [0, 0.05) is 22.5 Å². The van der Waals surface area contributed by atoms with E-state index in [2.05, 4.69) is 10.2 Å². The van der Waals surface area contributed by atoms with E-state index in [0.717, 1.165) is 37.1 Å². The van der Waals surface area contributed by atoms with Crippen molar-refractivity contribution in [1.29, 1.82) is 0 Å². The highest BCUT2D eigenvalue weighted by Gasteiger charge is 2.24. The summed E-state index contributed by atoms with van der Waals surface area (Å²) in [5.41, 5.74) is 6.81. The molecule has 0 atom stereocenters. The molecule has 0 radical (unpaired) electrons. The Labute approximate surface area is 117 Å². The van der Waals surface area contributed by atoms with Crippen molar-refractivity contribution in [3.8, 4) is 11.5 Å². The molecule has 1 aromatic carbocycles. The minimum absolute atomic E-state index is 0.329. The zero-order valence-corrected chi connectivity index (χ0v) is 11.3. The predicted molar refractivity (Wildman–Crippen MR) is 73.9 cm³/mol. The molecule has 1 aliphatic carbocycles. The molecular formula is C14H16ClN3O. The fourth-order valence-electron chi connectivity index (χ4n) is 2.47. The van der Waals surface area contributed by atoms with Crippen LogP contribution in [0.5, 0.6) is 0 Å². The third kappa shape index (κ3) is 2.80. The Hall–Kier alpha value is -1.39. The molecule has 0 spiro atoms. The summed E-state index contributed by atoms with van der Waals surface area (Å²) < 4.78 is 5.78. The second kappa shape index (κ2) is 5.31. The molecule has 3 rings (SSSR count). The van der Waals surface area contributed by atoms with Crippen LogP contribution in [0.1, 0.15) is 37.5 Å². The molecule has 100 valence electrons. The average molecular weight is 278 g/mol. The summed E-state index contributed by atoms with van der Waals surface area (Å²) in [5, 5.41) is 8.99. The van der Waals surface area contributed by atoms with Crippen LogP contribution in [0.2, 0.25) is 5.02 Å². The average Bonchev–Trinajstić information content (AvgIpc) is 2.90. The fraction of sp³-hybridized carbons (Fsp3) is 0.429. The minimum Gasteiger partial charge on any atom is -0.420 e. The zero-order chi connectivity index (χ0) is 13.2. The van der Waals surface area contributed by atoms with E-state index < -0.39 is 0 Å². The van der Waals surface area contributed by atoms with Crippen LogP contribution in [0.15, 0.2) is 28.7 Å². The minimum atomic E-state index is 0.329. The van der Waals surface area contributed by atoms with Crippen LogP contribution < -0.4 is 5.73 Å². The van der Waals surface area contributed by atoms with Gasteiger partial charge in [-0.2, -0.15) is 0 Å². The molecule has 19 heavy (non-hydrogen) atoms. The SMILES string of the molecule is NC1CCC(c2nnc(-c3ccc(Cl)cc3)o2)CC1. The molecule has 1 saturated carbocycles. The van der Waals surface area contributed by atoms with Gasteiger partial charge in [0.15, 0.2) is 0 Å². The predicted octanol–water partition coefficient (Wildman–Crippen LogP) is 3.37. The number of benzene rings is 1. The van der Waals surface area contributed by atoms with Gasteiger partial charge in [-0.05, 0) is 49.9 Å². The Morgan fingerprint density at radius 1 is 1.05 bits per heavy atom. The lowest BCUT2D eigenvalue weighted by Gasteiger charge is -2.23. The van der Waals surface area contributed by atoms with Crippen LogP contribution >= 0.6 is 11.6 Å². The Bertz CT molecular complexity index is 544. The first kappa shape index (κ1) is 12.6. The summed E-state index contributed by atoms with van der Waals surface area (Å²) in [5.74, 6) is 1.65. The number of nitrogens with two attached hydrogens (primary N) is 1. The quantitative estimate of drug-likeness (QED) is 0.914.